The molecule has 1 heterocycles. The number of fused-ring (bicyclic) bond motifs is 1. The molecule has 20 heavy (non-hydrogen) atoms. The minimum atomic E-state index is 0.482. The molecule has 0 aliphatic rings. The van der Waals surface area contributed by atoms with Gasteiger partial charge in [-0.25, -0.2) is 4.98 Å². The van der Waals surface area contributed by atoms with Crippen LogP contribution in [-0.2, 0) is 0 Å². The molecule has 0 unspecified atom stereocenters. The average Bonchev–Trinajstić information content (AvgIpc) is 2.88. The number of aromatic nitrogens is 1. The minimum absolute atomic E-state index is 0.482. The van der Waals surface area contributed by atoms with Gasteiger partial charge >= 0.3 is 0 Å². The lowest BCUT2D eigenvalue weighted by Gasteiger charge is -2.06. The topological polar surface area (TPSA) is 31.4 Å². The summed E-state index contributed by atoms with van der Waals surface area (Å²) in [5, 5.41) is 0.686. The van der Waals surface area contributed by atoms with Crippen molar-refractivity contribution < 1.29 is 9.47 Å². The van der Waals surface area contributed by atoms with E-state index in [0.717, 1.165) is 20.4 Å². The fourth-order valence-electron chi connectivity index (χ4n) is 1.73. The van der Waals surface area contributed by atoms with Gasteiger partial charge in [0.2, 0.25) is 0 Å². The van der Waals surface area contributed by atoms with Gasteiger partial charge in [0.15, 0.2) is 0 Å². The summed E-state index contributed by atoms with van der Waals surface area (Å²) in [6, 6.07) is 15.7. The summed E-state index contributed by atoms with van der Waals surface area (Å²) in [7, 11) is 0. The molecule has 0 fully saturated rings. The molecule has 5 heteroatoms. The van der Waals surface area contributed by atoms with E-state index < -0.39 is 0 Å². The van der Waals surface area contributed by atoms with Gasteiger partial charge in [0.1, 0.15) is 19.0 Å². The third-order valence-electron chi connectivity index (χ3n) is 2.67. The van der Waals surface area contributed by atoms with Crippen molar-refractivity contribution in [2.45, 2.75) is 0 Å². The largest absolute Gasteiger partial charge is 0.490 e. The lowest BCUT2D eigenvalue weighted by atomic mass is 10.3. The number of hydrogen-bond acceptors (Lipinski definition) is 4. The average molecular weight is 350 g/mol. The van der Waals surface area contributed by atoms with E-state index in [1.165, 1.54) is 0 Å². The Labute approximate surface area is 129 Å². The molecule has 0 aliphatic heterocycles. The summed E-state index contributed by atoms with van der Waals surface area (Å²) in [5.74, 6) is 0.834. The molecule has 0 radical (unpaired) electrons. The Bertz CT molecular complexity index is 663. The predicted octanol–water partition coefficient (Wildman–Crippen LogP) is 4.52. The van der Waals surface area contributed by atoms with Crippen LogP contribution >= 0.6 is 27.3 Å². The van der Waals surface area contributed by atoms with Crippen LogP contribution in [-0.4, -0.2) is 18.2 Å². The van der Waals surface area contributed by atoms with Crippen LogP contribution < -0.4 is 9.47 Å². The summed E-state index contributed by atoms with van der Waals surface area (Å²) in [4.78, 5) is 4.40. The highest BCUT2D eigenvalue weighted by molar-refractivity contribution is 9.10. The molecule has 0 amide bonds. The van der Waals surface area contributed by atoms with Crippen molar-refractivity contribution in [3.05, 3.63) is 53.0 Å². The number of para-hydroxylation sites is 1. The van der Waals surface area contributed by atoms with Gasteiger partial charge in [-0.05, 0) is 36.4 Å². The molecule has 2 aromatic carbocycles. The minimum Gasteiger partial charge on any atom is -0.490 e. The molecule has 0 saturated carbocycles. The van der Waals surface area contributed by atoms with Gasteiger partial charge in [0.25, 0.3) is 5.19 Å². The van der Waals surface area contributed by atoms with E-state index in [1.807, 2.05) is 48.5 Å². The number of halogens is 1. The number of benzene rings is 2. The number of hydrogen-bond donors (Lipinski definition) is 0. The summed E-state index contributed by atoms with van der Waals surface area (Å²) in [6.07, 6.45) is 0. The number of ether oxygens (including phenoxy) is 2. The van der Waals surface area contributed by atoms with E-state index in [1.54, 1.807) is 11.3 Å². The summed E-state index contributed by atoms with van der Waals surface area (Å²) < 4.78 is 13.4. The Morgan fingerprint density at radius 1 is 0.950 bits per heavy atom. The molecule has 0 saturated heterocycles. The molecule has 1 aromatic heterocycles. The maximum Gasteiger partial charge on any atom is 0.274 e. The van der Waals surface area contributed by atoms with Crippen molar-refractivity contribution in [2.24, 2.45) is 0 Å². The zero-order valence-electron chi connectivity index (χ0n) is 10.6. The van der Waals surface area contributed by atoms with Crippen molar-refractivity contribution in [3.8, 4) is 10.9 Å². The molecule has 3 rings (SSSR count). The van der Waals surface area contributed by atoms with Gasteiger partial charge in [-0.1, -0.05) is 39.4 Å². The molecular weight excluding hydrogens is 338 g/mol. The van der Waals surface area contributed by atoms with Crippen LogP contribution in [0.3, 0.4) is 0 Å². The zero-order chi connectivity index (χ0) is 13.8. The Kier molecular flexibility index (Phi) is 4.18. The van der Waals surface area contributed by atoms with Crippen molar-refractivity contribution >= 4 is 37.5 Å². The van der Waals surface area contributed by atoms with E-state index in [0.29, 0.717) is 18.4 Å². The maximum absolute atomic E-state index is 5.61. The molecule has 3 aromatic rings. The van der Waals surface area contributed by atoms with Gasteiger partial charge in [0.05, 0.1) is 10.2 Å². The van der Waals surface area contributed by atoms with Gasteiger partial charge in [-0.15, -0.1) is 0 Å². The standard InChI is InChI=1S/C15H12BrNO2S/c16-11-5-7-12(8-6-11)18-9-10-19-15-17-13-3-1-2-4-14(13)20-15/h1-8H,9-10H2. The number of rotatable bonds is 5. The lowest BCUT2D eigenvalue weighted by molar-refractivity contribution is 0.217. The zero-order valence-corrected chi connectivity index (χ0v) is 13.0. The third-order valence-corrected chi connectivity index (χ3v) is 4.14. The summed E-state index contributed by atoms with van der Waals surface area (Å²) >= 11 is 4.94. The van der Waals surface area contributed by atoms with Gasteiger partial charge < -0.3 is 9.47 Å². The monoisotopic (exact) mass is 349 g/mol. The van der Waals surface area contributed by atoms with E-state index in [4.69, 9.17) is 9.47 Å². The van der Waals surface area contributed by atoms with Crippen LogP contribution in [0.15, 0.2) is 53.0 Å². The summed E-state index contributed by atoms with van der Waals surface area (Å²) in [6.45, 7) is 0.980. The molecule has 0 atom stereocenters. The molecule has 0 spiro atoms. The summed E-state index contributed by atoms with van der Waals surface area (Å²) in [5.41, 5.74) is 0.973. The number of nitrogens with zero attached hydrogens (tertiary/aromatic N) is 1. The number of thiazole rings is 1. The lowest BCUT2D eigenvalue weighted by Crippen LogP contribution is -2.08. The molecule has 0 aliphatic carbocycles. The van der Waals surface area contributed by atoms with Crippen molar-refractivity contribution in [1.29, 1.82) is 0 Å². The van der Waals surface area contributed by atoms with Crippen molar-refractivity contribution in [1.82, 2.24) is 4.98 Å². The highest BCUT2D eigenvalue weighted by atomic mass is 79.9. The van der Waals surface area contributed by atoms with Gasteiger partial charge in [-0.3, -0.25) is 0 Å². The van der Waals surface area contributed by atoms with E-state index in [2.05, 4.69) is 20.9 Å². The first-order valence-electron chi connectivity index (χ1n) is 6.18. The van der Waals surface area contributed by atoms with E-state index >= 15 is 0 Å². The highest BCUT2D eigenvalue weighted by Crippen LogP contribution is 2.27. The first kappa shape index (κ1) is 13.4. The molecule has 0 bridgehead atoms. The fraction of sp³-hybridized carbons (Fsp3) is 0.133. The fourth-order valence-corrected chi connectivity index (χ4v) is 2.84. The van der Waals surface area contributed by atoms with Crippen LogP contribution in [0.25, 0.3) is 10.2 Å². The van der Waals surface area contributed by atoms with Crippen LogP contribution in [0.5, 0.6) is 10.9 Å². The Morgan fingerprint density at radius 3 is 2.50 bits per heavy atom. The SMILES string of the molecule is Brc1ccc(OCCOc2nc3ccccc3s2)cc1. The van der Waals surface area contributed by atoms with Crippen LogP contribution in [0.1, 0.15) is 0 Å². The van der Waals surface area contributed by atoms with Gasteiger partial charge in [0, 0.05) is 4.47 Å². The van der Waals surface area contributed by atoms with Crippen LogP contribution in [0.2, 0.25) is 0 Å². The first-order chi connectivity index (χ1) is 9.81. The predicted molar refractivity (Wildman–Crippen MR) is 84.8 cm³/mol. The maximum atomic E-state index is 5.61. The Balaban J connectivity index is 1.51. The molecule has 102 valence electrons. The normalized spacial score (nSPS) is 10.7. The Hall–Kier alpha value is -1.59. The molecule has 3 nitrogen and oxygen atoms in total. The quantitative estimate of drug-likeness (QED) is 0.634. The first-order valence-corrected chi connectivity index (χ1v) is 7.79. The van der Waals surface area contributed by atoms with Crippen molar-refractivity contribution in [3.63, 3.8) is 0 Å². The Morgan fingerprint density at radius 2 is 1.70 bits per heavy atom. The second kappa shape index (κ2) is 6.24. The van der Waals surface area contributed by atoms with Crippen LogP contribution in [0, 0.1) is 0 Å². The van der Waals surface area contributed by atoms with E-state index in [9.17, 15) is 0 Å². The second-order valence-corrected chi connectivity index (χ2v) is 6.01. The van der Waals surface area contributed by atoms with Crippen molar-refractivity contribution in [2.75, 3.05) is 13.2 Å². The van der Waals surface area contributed by atoms with E-state index in [-0.39, 0.29) is 0 Å². The third kappa shape index (κ3) is 3.29. The molecular formula is C15H12BrNO2S. The smallest absolute Gasteiger partial charge is 0.274 e. The van der Waals surface area contributed by atoms with Crippen LogP contribution in [0.4, 0.5) is 0 Å². The van der Waals surface area contributed by atoms with Gasteiger partial charge in [-0.2, -0.15) is 0 Å². The molecule has 0 N–H and O–H groups in total. The highest BCUT2D eigenvalue weighted by Gasteiger charge is 2.03. The second-order valence-electron chi connectivity index (χ2n) is 4.10.